The predicted molar refractivity (Wildman–Crippen MR) is 178 cm³/mol. The van der Waals surface area contributed by atoms with Crippen molar-refractivity contribution in [2.24, 2.45) is 9.98 Å². The quantitative estimate of drug-likeness (QED) is 0.0984. The van der Waals surface area contributed by atoms with E-state index in [0.717, 1.165) is 11.6 Å². The molecule has 0 amide bonds. The Hall–Kier alpha value is -2.33. The molecule has 4 fully saturated rings. The summed E-state index contributed by atoms with van der Waals surface area (Å²) in [6.45, 7) is 9.38. The van der Waals surface area contributed by atoms with E-state index in [4.69, 9.17) is 9.98 Å². The summed E-state index contributed by atoms with van der Waals surface area (Å²) in [5, 5.41) is 0. The van der Waals surface area contributed by atoms with Crippen molar-refractivity contribution in [3.8, 4) is 0 Å². The molecule has 0 atom stereocenters. The lowest BCUT2D eigenvalue weighted by atomic mass is 9.95. The van der Waals surface area contributed by atoms with Gasteiger partial charge in [0, 0.05) is 23.5 Å². The van der Waals surface area contributed by atoms with Gasteiger partial charge in [0.15, 0.2) is 6.34 Å². The van der Waals surface area contributed by atoms with Crippen molar-refractivity contribution in [1.29, 1.82) is 0 Å². The first kappa shape index (κ1) is 35.0. The summed E-state index contributed by atoms with van der Waals surface area (Å²) in [4.78, 5) is 10.7. The molecule has 46 heavy (non-hydrogen) atoms. The number of imidazole rings is 2. The molecule has 0 saturated heterocycles. The van der Waals surface area contributed by atoms with Crippen LogP contribution in [0.25, 0.3) is 0 Å². The van der Waals surface area contributed by atoms with Crippen LogP contribution in [-0.2, 0) is 0 Å². The molecule has 4 aliphatic carbocycles. The molecule has 0 N–H and O–H groups in total. The average Bonchev–Trinajstić information content (AvgIpc) is 3.45. The van der Waals surface area contributed by atoms with Gasteiger partial charge in [0.05, 0.1) is 12.1 Å². The molecular formula is C35H57BF4N6. The van der Waals surface area contributed by atoms with E-state index < -0.39 is 7.25 Å². The van der Waals surface area contributed by atoms with Crippen LogP contribution in [-0.4, -0.2) is 27.3 Å². The summed E-state index contributed by atoms with van der Waals surface area (Å²) >= 11 is 0. The fourth-order valence-electron chi connectivity index (χ4n) is 9.02. The molecular weight excluding hydrogens is 591 g/mol. The third kappa shape index (κ3) is 8.20. The van der Waals surface area contributed by atoms with E-state index in [1.807, 2.05) is 6.34 Å². The Balaban J connectivity index is 0.000000775. The maximum absolute atomic E-state index is 9.75. The van der Waals surface area contributed by atoms with E-state index in [1.165, 1.54) is 151 Å². The van der Waals surface area contributed by atoms with Gasteiger partial charge in [0.2, 0.25) is 5.62 Å². The van der Waals surface area contributed by atoms with Crippen molar-refractivity contribution in [3.63, 3.8) is 0 Å². The Bertz CT molecular complexity index is 1290. The van der Waals surface area contributed by atoms with E-state index in [-0.39, 0.29) is 0 Å². The molecule has 0 spiro atoms. The minimum absolute atomic E-state index is 0.571. The Kier molecular flexibility index (Phi) is 12.0. The fraction of sp³-hybridized carbons (Fsp3) is 0.800. The van der Waals surface area contributed by atoms with Crippen LogP contribution in [0.4, 0.5) is 23.2 Å². The molecule has 0 aromatic carbocycles. The smallest absolute Gasteiger partial charge is 0.418 e. The van der Waals surface area contributed by atoms with Gasteiger partial charge in [-0.15, -0.1) is 0 Å². The van der Waals surface area contributed by atoms with Gasteiger partial charge in [-0.1, -0.05) is 56.4 Å². The highest BCUT2D eigenvalue weighted by atomic mass is 19.5. The highest BCUT2D eigenvalue weighted by Crippen LogP contribution is 2.36. The minimum Gasteiger partial charge on any atom is -0.418 e. The van der Waals surface area contributed by atoms with Crippen molar-refractivity contribution in [3.05, 3.63) is 28.4 Å². The molecule has 6 rings (SSSR count). The maximum atomic E-state index is 9.75. The number of rotatable bonds is 6. The normalized spacial score (nSPS) is 21.5. The Morgan fingerprint density at radius 3 is 1.35 bits per heavy atom. The zero-order valence-electron chi connectivity index (χ0n) is 28.8. The highest BCUT2D eigenvalue weighted by molar-refractivity contribution is 6.50. The van der Waals surface area contributed by atoms with Gasteiger partial charge in [-0.2, -0.15) is 4.99 Å². The number of hydrogen-bond acceptors (Lipinski definition) is 1. The summed E-state index contributed by atoms with van der Waals surface area (Å²) in [5.74, 6) is 1.16. The van der Waals surface area contributed by atoms with Gasteiger partial charge in [0.1, 0.15) is 11.4 Å². The first-order chi connectivity index (χ1) is 22.1. The van der Waals surface area contributed by atoms with Gasteiger partial charge in [0.25, 0.3) is 0 Å². The minimum atomic E-state index is -6.00. The van der Waals surface area contributed by atoms with Crippen LogP contribution >= 0.6 is 0 Å². The topological polar surface area (TPSA) is 43.4 Å². The van der Waals surface area contributed by atoms with E-state index in [9.17, 15) is 17.3 Å². The van der Waals surface area contributed by atoms with Crippen molar-refractivity contribution in [2.75, 3.05) is 0 Å². The van der Waals surface area contributed by atoms with Crippen LogP contribution < -0.4 is 10.2 Å². The second kappa shape index (κ2) is 15.7. The molecule has 4 aliphatic rings. The zero-order chi connectivity index (χ0) is 32.8. The lowest BCUT2D eigenvalue weighted by Crippen LogP contribution is -2.42. The third-order valence-corrected chi connectivity index (χ3v) is 11.5. The highest BCUT2D eigenvalue weighted by Gasteiger charge is 2.35. The first-order valence-corrected chi connectivity index (χ1v) is 18.4. The van der Waals surface area contributed by atoms with Crippen LogP contribution in [0.15, 0.2) is 9.98 Å². The molecule has 0 radical (unpaired) electrons. The first-order valence-electron chi connectivity index (χ1n) is 18.4. The van der Waals surface area contributed by atoms with Gasteiger partial charge in [-0.3, -0.25) is 0 Å². The van der Waals surface area contributed by atoms with Crippen molar-refractivity contribution < 1.29 is 21.8 Å². The Labute approximate surface area is 273 Å². The SMILES string of the molecule is Cc1c(C)[n+](C2CCCCC2)c(/N=C/N=c2n(C3CCCCC3)c(C)c(C)n2C2CCCCC2)n1C1CCCCC1.F[B-](F)(F)F. The van der Waals surface area contributed by atoms with Crippen LogP contribution in [0, 0.1) is 27.7 Å². The van der Waals surface area contributed by atoms with Gasteiger partial charge >= 0.3 is 13.2 Å². The molecule has 2 aromatic rings. The molecule has 0 aliphatic heterocycles. The number of aliphatic imine (C=N–C) groups is 1. The average molecular weight is 649 g/mol. The summed E-state index contributed by atoms with van der Waals surface area (Å²) in [6.07, 6.45) is 28.5. The largest absolute Gasteiger partial charge is 0.673 e. The molecule has 0 bridgehead atoms. The lowest BCUT2D eigenvalue weighted by Gasteiger charge is -2.26. The van der Waals surface area contributed by atoms with Crippen LogP contribution in [0.2, 0.25) is 0 Å². The lowest BCUT2D eigenvalue weighted by molar-refractivity contribution is -0.718. The van der Waals surface area contributed by atoms with E-state index in [0.29, 0.717) is 24.2 Å². The maximum Gasteiger partial charge on any atom is 0.673 e. The number of nitrogens with zero attached hydrogens (tertiary/aromatic N) is 6. The van der Waals surface area contributed by atoms with Crippen molar-refractivity contribution in [2.45, 2.75) is 180 Å². The summed E-state index contributed by atoms with van der Waals surface area (Å²) in [5.41, 5.74) is 6.85. The molecule has 6 nitrogen and oxygen atoms in total. The van der Waals surface area contributed by atoms with Gasteiger partial charge in [-0.25, -0.2) is 9.13 Å². The molecule has 4 saturated carbocycles. The Morgan fingerprint density at radius 1 is 0.565 bits per heavy atom. The summed E-state index contributed by atoms with van der Waals surface area (Å²) in [6, 6.07) is 2.29. The summed E-state index contributed by atoms with van der Waals surface area (Å²) < 4.78 is 49.5. The second-order valence-corrected chi connectivity index (χ2v) is 14.5. The van der Waals surface area contributed by atoms with E-state index in [2.05, 4.69) is 46.0 Å². The van der Waals surface area contributed by atoms with E-state index >= 15 is 0 Å². The fourth-order valence-corrected chi connectivity index (χ4v) is 9.02. The second-order valence-electron chi connectivity index (χ2n) is 14.5. The zero-order valence-corrected chi connectivity index (χ0v) is 28.8. The molecule has 2 aromatic heterocycles. The van der Waals surface area contributed by atoms with Crippen molar-refractivity contribution >= 4 is 19.5 Å². The Morgan fingerprint density at radius 2 is 0.935 bits per heavy atom. The molecule has 258 valence electrons. The monoisotopic (exact) mass is 648 g/mol. The number of hydrogen-bond donors (Lipinski definition) is 0. The predicted octanol–water partition coefficient (Wildman–Crippen LogP) is 10.2. The van der Waals surface area contributed by atoms with Crippen LogP contribution in [0.3, 0.4) is 0 Å². The number of halogens is 4. The third-order valence-electron chi connectivity index (χ3n) is 11.5. The van der Waals surface area contributed by atoms with Crippen molar-refractivity contribution in [1.82, 2.24) is 13.7 Å². The van der Waals surface area contributed by atoms with E-state index in [1.54, 1.807) is 0 Å². The number of aromatic nitrogens is 4. The molecule has 11 heteroatoms. The summed E-state index contributed by atoms with van der Waals surface area (Å²) in [7, 11) is -6.00. The standard InChI is InChI=1S/C35H57N6.BF4/c1-26-27(2)39(31-19-11-6-12-20-31)34(38(26)30-17-9-5-10-18-30)36-25-37-35-40(32-21-13-7-14-22-32)28(3)29(4)41(35)33-23-15-8-16-24-33;2-1(3,4)5/h25,30-33H,5-24H2,1-4H3;/q+1;-1. The molecule has 2 heterocycles. The van der Waals surface area contributed by atoms with Gasteiger partial charge in [-0.05, 0) is 105 Å². The van der Waals surface area contributed by atoms with Gasteiger partial charge < -0.3 is 26.4 Å². The molecule has 0 unspecified atom stereocenters. The van der Waals surface area contributed by atoms with Crippen LogP contribution in [0.5, 0.6) is 0 Å². The van der Waals surface area contributed by atoms with Crippen LogP contribution in [0.1, 0.15) is 175 Å².